The van der Waals surface area contributed by atoms with Crippen LogP contribution in [-0.2, 0) is 4.43 Å². The number of hydrogen-bond acceptors (Lipinski definition) is 1. The topological polar surface area (TPSA) is 9.23 Å². The lowest BCUT2D eigenvalue weighted by Gasteiger charge is -2.18. The van der Waals surface area contributed by atoms with Gasteiger partial charge in [-0.2, -0.15) is 0 Å². The van der Waals surface area contributed by atoms with Gasteiger partial charge >= 0.3 is 0 Å². The number of alkyl halides is 1. The van der Waals surface area contributed by atoms with E-state index in [0.717, 1.165) is 0 Å². The number of hydrogen-bond donors (Lipinski definition) is 0. The minimum atomic E-state index is 0.286. The molecular formula is C22H21ClOSi. The van der Waals surface area contributed by atoms with Crippen molar-refractivity contribution in [3.05, 3.63) is 77.9 Å². The summed E-state index contributed by atoms with van der Waals surface area (Å²) in [6, 6.07) is 23.6. The van der Waals surface area contributed by atoms with Crippen molar-refractivity contribution in [3.8, 4) is 22.3 Å². The fraction of sp³-hybridized carbons (Fsp3) is 0.182. The summed E-state index contributed by atoms with van der Waals surface area (Å²) in [4.78, 5) is 0. The van der Waals surface area contributed by atoms with E-state index in [0.29, 0.717) is 12.5 Å². The van der Waals surface area contributed by atoms with Crippen molar-refractivity contribution in [3.63, 3.8) is 0 Å². The van der Waals surface area contributed by atoms with Crippen LogP contribution < -0.4 is 5.19 Å². The highest BCUT2D eigenvalue weighted by Crippen LogP contribution is 2.34. The smallest absolute Gasteiger partial charge is 0.269 e. The molecule has 0 aromatic heterocycles. The lowest BCUT2D eigenvalue weighted by Crippen LogP contribution is -2.22. The van der Waals surface area contributed by atoms with Crippen molar-refractivity contribution in [2.45, 2.75) is 13.8 Å². The number of benzene rings is 3. The first-order valence-electron chi connectivity index (χ1n) is 8.41. The van der Waals surface area contributed by atoms with Crippen molar-refractivity contribution in [1.82, 2.24) is 0 Å². The number of rotatable bonds is 6. The Hall–Kier alpha value is -1.87. The highest BCUT2D eigenvalue weighted by atomic mass is 35.5. The van der Waals surface area contributed by atoms with Gasteiger partial charge in [-0.05, 0) is 52.4 Å². The van der Waals surface area contributed by atoms with Crippen molar-refractivity contribution in [1.29, 1.82) is 0 Å². The third-order valence-electron chi connectivity index (χ3n) is 4.28. The lowest BCUT2D eigenvalue weighted by molar-refractivity contribution is 0.370. The van der Waals surface area contributed by atoms with E-state index in [-0.39, 0.29) is 9.76 Å². The zero-order valence-corrected chi connectivity index (χ0v) is 16.3. The Kier molecular flexibility index (Phi) is 6.08. The van der Waals surface area contributed by atoms with Crippen LogP contribution in [-0.4, -0.2) is 22.3 Å². The molecule has 0 fully saturated rings. The van der Waals surface area contributed by atoms with Gasteiger partial charge in [0.1, 0.15) is 0 Å². The Balaban J connectivity index is 2.20. The molecule has 0 N–H and O–H groups in total. The minimum absolute atomic E-state index is 0.286. The summed E-state index contributed by atoms with van der Waals surface area (Å²) in [5.41, 5.74) is 7.60. The van der Waals surface area contributed by atoms with Crippen LogP contribution in [0.4, 0.5) is 0 Å². The molecule has 3 rings (SSSR count). The van der Waals surface area contributed by atoms with Crippen LogP contribution in [0.5, 0.6) is 0 Å². The molecule has 126 valence electrons. The Labute approximate surface area is 157 Å². The minimum Gasteiger partial charge on any atom is -0.410 e. The second kappa shape index (κ2) is 8.48. The molecule has 0 aliphatic rings. The van der Waals surface area contributed by atoms with Crippen molar-refractivity contribution >= 4 is 26.6 Å². The summed E-state index contributed by atoms with van der Waals surface area (Å²) in [5.74, 6) is 0.518. The molecule has 25 heavy (non-hydrogen) atoms. The maximum Gasteiger partial charge on any atom is 0.269 e. The van der Waals surface area contributed by atoms with Gasteiger partial charge in [0.05, 0.1) is 0 Å². The van der Waals surface area contributed by atoms with Crippen LogP contribution in [0.2, 0.25) is 0 Å². The summed E-state index contributed by atoms with van der Waals surface area (Å²) in [7, 11) is 0.286. The van der Waals surface area contributed by atoms with Gasteiger partial charge < -0.3 is 4.43 Å². The standard InChI is InChI=1S/C22H21ClOSi/c1-16-8-3-5-10-18(16)20-12-7-13-21(25-24-15-14-23)22(20)19-11-6-4-9-17(19)2/h3-13H,14-15H2,1-2H3. The van der Waals surface area contributed by atoms with Crippen LogP contribution in [0.3, 0.4) is 0 Å². The molecule has 0 spiro atoms. The first-order valence-corrected chi connectivity index (χ1v) is 9.85. The summed E-state index contributed by atoms with van der Waals surface area (Å²) in [6.07, 6.45) is 0. The van der Waals surface area contributed by atoms with Gasteiger partial charge in [0.2, 0.25) is 0 Å². The molecule has 3 heteroatoms. The second-order valence-corrected chi connectivity index (χ2v) is 7.41. The molecule has 3 aromatic rings. The van der Waals surface area contributed by atoms with Crippen molar-refractivity contribution < 1.29 is 4.43 Å². The molecule has 3 aromatic carbocycles. The Morgan fingerprint density at radius 1 is 0.760 bits per heavy atom. The first-order chi connectivity index (χ1) is 12.2. The zero-order chi connectivity index (χ0) is 17.6. The van der Waals surface area contributed by atoms with Crippen LogP contribution in [0.1, 0.15) is 11.1 Å². The average Bonchev–Trinajstić information content (AvgIpc) is 2.63. The van der Waals surface area contributed by atoms with Gasteiger partial charge in [-0.25, -0.2) is 0 Å². The number of halogens is 1. The third-order valence-corrected chi connectivity index (χ3v) is 5.41. The van der Waals surface area contributed by atoms with Gasteiger partial charge in [0.25, 0.3) is 9.76 Å². The Bertz CT molecular complexity index is 860. The van der Waals surface area contributed by atoms with E-state index in [1.807, 2.05) is 0 Å². The van der Waals surface area contributed by atoms with Crippen LogP contribution >= 0.6 is 11.6 Å². The molecule has 0 saturated heterocycles. The quantitative estimate of drug-likeness (QED) is 0.334. The normalized spacial score (nSPS) is 10.8. The average molecular weight is 365 g/mol. The Morgan fingerprint density at radius 2 is 1.36 bits per heavy atom. The fourth-order valence-electron chi connectivity index (χ4n) is 3.05. The predicted octanol–water partition coefficient (Wildman–Crippen LogP) is 5.14. The maximum atomic E-state index is 5.79. The maximum absolute atomic E-state index is 5.79. The Morgan fingerprint density at radius 3 is 2.00 bits per heavy atom. The van der Waals surface area contributed by atoms with Crippen LogP contribution in [0, 0.1) is 13.8 Å². The van der Waals surface area contributed by atoms with Gasteiger partial charge in [-0.3, -0.25) is 0 Å². The summed E-state index contributed by atoms with van der Waals surface area (Å²) in [5, 5.41) is 1.22. The van der Waals surface area contributed by atoms with E-state index < -0.39 is 0 Å². The summed E-state index contributed by atoms with van der Waals surface area (Å²) < 4.78 is 5.79. The molecule has 2 radical (unpaired) electrons. The highest BCUT2D eigenvalue weighted by molar-refractivity contribution is 6.50. The molecule has 0 atom stereocenters. The van der Waals surface area contributed by atoms with Gasteiger partial charge in [0.15, 0.2) is 0 Å². The molecule has 0 aliphatic carbocycles. The summed E-state index contributed by atoms with van der Waals surface area (Å²) in [6.45, 7) is 4.90. The molecule has 0 amide bonds. The second-order valence-electron chi connectivity index (χ2n) is 6.00. The molecule has 0 heterocycles. The van der Waals surface area contributed by atoms with Crippen LogP contribution in [0.15, 0.2) is 66.7 Å². The monoisotopic (exact) mass is 364 g/mol. The molecule has 1 nitrogen and oxygen atoms in total. The van der Waals surface area contributed by atoms with E-state index in [1.165, 1.54) is 38.6 Å². The van der Waals surface area contributed by atoms with Gasteiger partial charge in [0, 0.05) is 12.5 Å². The first kappa shape index (κ1) is 17.9. The van der Waals surface area contributed by atoms with Gasteiger partial charge in [-0.15, -0.1) is 11.6 Å². The molecule has 0 aliphatic heterocycles. The zero-order valence-electron chi connectivity index (χ0n) is 14.6. The third kappa shape index (κ3) is 4.04. The van der Waals surface area contributed by atoms with E-state index in [1.54, 1.807) is 0 Å². The largest absolute Gasteiger partial charge is 0.410 e. The highest BCUT2D eigenvalue weighted by Gasteiger charge is 2.16. The van der Waals surface area contributed by atoms with E-state index in [9.17, 15) is 0 Å². The number of aryl methyl sites for hydroxylation is 2. The lowest BCUT2D eigenvalue weighted by atomic mass is 9.90. The van der Waals surface area contributed by atoms with Crippen LogP contribution in [0.25, 0.3) is 22.3 Å². The molecule has 0 unspecified atom stereocenters. The predicted molar refractivity (Wildman–Crippen MR) is 109 cm³/mol. The van der Waals surface area contributed by atoms with Crippen molar-refractivity contribution in [2.75, 3.05) is 12.5 Å². The molecular weight excluding hydrogens is 344 g/mol. The summed E-state index contributed by atoms with van der Waals surface area (Å²) >= 11 is 5.78. The van der Waals surface area contributed by atoms with E-state index in [4.69, 9.17) is 16.0 Å². The fourth-order valence-corrected chi connectivity index (χ4v) is 4.15. The SMILES string of the molecule is Cc1ccccc1-c1cccc([Si]OCCCl)c1-c1ccccc1C. The van der Waals surface area contributed by atoms with E-state index in [2.05, 4.69) is 80.6 Å². The molecule has 0 saturated carbocycles. The van der Waals surface area contributed by atoms with Gasteiger partial charge in [-0.1, -0.05) is 66.7 Å². The van der Waals surface area contributed by atoms with E-state index >= 15 is 0 Å². The molecule has 0 bridgehead atoms. The van der Waals surface area contributed by atoms with Crippen molar-refractivity contribution in [2.24, 2.45) is 0 Å².